The highest BCUT2D eigenvalue weighted by Gasteiger charge is 2.55. The van der Waals surface area contributed by atoms with Gasteiger partial charge in [0.2, 0.25) is 5.85 Å². The molecule has 1 fully saturated rings. The highest BCUT2D eigenvalue weighted by molar-refractivity contribution is 8.14. The molecule has 0 amide bonds. The number of rotatable bonds is 6. The standard InChI is InChI=1S/C25H29N3O4S/c1-16(2)27(19-9-7-6-8-10-19)25(30)15-33-24-26-17(3)21(23(29)32-5)22(28(24)25)18-11-13-20(31-4)14-12-18/h6-14,16,22,30H,15H2,1-5H3. The first kappa shape index (κ1) is 23.2. The topological polar surface area (TPSA) is 74.6 Å². The van der Waals surface area contributed by atoms with Gasteiger partial charge in [0.25, 0.3) is 0 Å². The minimum absolute atomic E-state index is 0.0255. The first-order valence-electron chi connectivity index (χ1n) is 10.8. The molecule has 0 spiro atoms. The molecule has 0 bridgehead atoms. The number of nitrogens with zero attached hydrogens (tertiary/aromatic N) is 3. The van der Waals surface area contributed by atoms with Gasteiger partial charge in [0.1, 0.15) is 5.75 Å². The fraction of sp³-hybridized carbons (Fsp3) is 0.360. The monoisotopic (exact) mass is 467 g/mol. The Hall–Kier alpha value is -2.97. The fourth-order valence-electron chi connectivity index (χ4n) is 4.55. The zero-order valence-electron chi connectivity index (χ0n) is 19.5. The lowest BCUT2D eigenvalue weighted by molar-refractivity contribution is -0.138. The van der Waals surface area contributed by atoms with Crippen LogP contribution < -0.4 is 9.64 Å². The Balaban J connectivity index is 1.90. The molecular weight excluding hydrogens is 438 g/mol. The van der Waals surface area contributed by atoms with E-state index in [1.807, 2.05) is 85.2 Å². The van der Waals surface area contributed by atoms with Crippen molar-refractivity contribution in [3.05, 3.63) is 71.4 Å². The SMILES string of the molecule is COC(=O)C1=C(C)N=C2SCC(O)(N(c3ccccc3)C(C)C)N2C1c1ccc(OC)cc1. The summed E-state index contributed by atoms with van der Waals surface area (Å²) in [6.07, 6.45) is 0. The average molecular weight is 468 g/mol. The van der Waals surface area contributed by atoms with Crippen molar-refractivity contribution in [3.8, 4) is 5.75 Å². The first-order valence-corrected chi connectivity index (χ1v) is 11.8. The molecule has 0 aliphatic carbocycles. The quantitative estimate of drug-likeness (QED) is 0.505. The van der Waals surface area contributed by atoms with Gasteiger partial charge in [-0.25, -0.2) is 9.79 Å². The van der Waals surface area contributed by atoms with Crippen molar-refractivity contribution in [2.24, 2.45) is 4.99 Å². The molecule has 1 saturated heterocycles. The average Bonchev–Trinajstić information content (AvgIpc) is 3.14. The van der Waals surface area contributed by atoms with Gasteiger partial charge in [0.15, 0.2) is 5.17 Å². The molecule has 2 heterocycles. The number of carbonyl (C=O) groups excluding carboxylic acids is 1. The summed E-state index contributed by atoms with van der Waals surface area (Å²) >= 11 is 1.48. The van der Waals surface area contributed by atoms with Gasteiger partial charge in [-0.1, -0.05) is 42.1 Å². The number of thioether (sulfide) groups is 1. The highest BCUT2D eigenvalue weighted by atomic mass is 32.2. The fourth-order valence-corrected chi connectivity index (χ4v) is 5.74. The third-order valence-electron chi connectivity index (χ3n) is 5.95. The van der Waals surface area contributed by atoms with Crippen LogP contribution in [0, 0.1) is 0 Å². The van der Waals surface area contributed by atoms with Crippen molar-refractivity contribution in [3.63, 3.8) is 0 Å². The molecule has 2 aliphatic heterocycles. The Morgan fingerprint density at radius 2 is 1.85 bits per heavy atom. The number of ether oxygens (including phenoxy) is 2. The molecule has 7 nitrogen and oxygen atoms in total. The summed E-state index contributed by atoms with van der Waals surface area (Å²) < 4.78 is 10.5. The van der Waals surface area contributed by atoms with Gasteiger partial charge < -0.3 is 19.5 Å². The number of amidine groups is 1. The second-order valence-corrected chi connectivity index (χ2v) is 9.24. The maximum Gasteiger partial charge on any atom is 0.338 e. The van der Waals surface area contributed by atoms with Crippen LogP contribution in [0.3, 0.4) is 0 Å². The Morgan fingerprint density at radius 1 is 1.18 bits per heavy atom. The van der Waals surface area contributed by atoms with Gasteiger partial charge in [0.05, 0.1) is 37.3 Å². The Labute approximate surface area is 198 Å². The number of para-hydroxylation sites is 1. The summed E-state index contributed by atoms with van der Waals surface area (Å²) in [5.41, 5.74) is 2.71. The third kappa shape index (κ3) is 3.98. The molecule has 2 unspecified atom stereocenters. The number of aliphatic imine (C=N–C) groups is 1. The van der Waals surface area contributed by atoms with Crippen molar-refractivity contribution < 1.29 is 19.4 Å². The number of aliphatic hydroxyl groups is 1. The number of hydrogen-bond acceptors (Lipinski definition) is 8. The van der Waals surface area contributed by atoms with Crippen molar-refractivity contribution >= 4 is 28.6 Å². The second-order valence-electron chi connectivity index (χ2n) is 8.29. The van der Waals surface area contributed by atoms with E-state index in [2.05, 4.69) is 0 Å². The Morgan fingerprint density at radius 3 is 2.42 bits per heavy atom. The van der Waals surface area contributed by atoms with Crippen LogP contribution in [-0.4, -0.2) is 53.0 Å². The van der Waals surface area contributed by atoms with Crippen molar-refractivity contribution in [1.82, 2.24) is 4.90 Å². The molecule has 2 aromatic carbocycles. The lowest BCUT2D eigenvalue weighted by atomic mass is 9.93. The maximum atomic E-state index is 13.0. The summed E-state index contributed by atoms with van der Waals surface area (Å²) in [7, 11) is 2.97. The van der Waals surface area contributed by atoms with Crippen LogP contribution in [0.1, 0.15) is 32.4 Å². The molecule has 0 radical (unpaired) electrons. The largest absolute Gasteiger partial charge is 0.497 e. The number of hydrogen-bond donors (Lipinski definition) is 1. The van der Waals surface area contributed by atoms with Crippen LogP contribution in [0.25, 0.3) is 0 Å². The van der Waals surface area contributed by atoms with Crippen LogP contribution in [-0.2, 0) is 9.53 Å². The molecule has 2 aromatic rings. The van der Waals surface area contributed by atoms with Crippen LogP contribution >= 0.6 is 11.8 Å². The first-order chi connectivity index (χ1) is 15.8. The number of carbonyl (C=O) groups is 1. The predicted octanol–water partition coefficient (Wildman–Crippen LogP) is 4.16. The number of esters is 1. The highest BCUT2D eigenvalue weighted by Crippen LogP contribution is 2.48. The van der Waals surface area contributed by atoms with E-state index in [0.717, 1.165) is 11.3 Å². The van der Waals surface area contributed by atoms with Crippen LogP contribution in [0.4, 0.5) is 5.69 Å². The predicted molar refractivity (Wildman–Crippen MR) is 131 cm³/mol. The molecule has 0 saturated carbocycles. The summed E-state index contributed by atoms with van der Waals surface area (Å²) in [6.45, 7) is 5.89. The Bertz CT molecular complexity index is 1080. The van der Waals surface area contributed by atoms with Crippen molar-refractivity contribution in [2.45, 2.75) is 38.7 Å². The summed E-state index contributed by atoms with van der Waals surface area (Å²) in [4.78, 5) is 21.5. The zero-order valence-corrected chi connectivity index (χ0v) is 20.3. The summed E-state index contributed by atoms with van der Waals surface area (Å²) in [5.74, 6) is -0.814. The lowest BCUT2D eigenvalue weighted by Crippen LogP contribution is -2.64. The number of benzene rings is 2. The van der Waals surface area contributed by atoms with E-state index in [1.165, 1.54) is 18.9 Å². The molecule has 0 aromatic heterocycles. The summed E-state index contributed by atoms with van der Waals surface area (Å²) in [5, 5.41) is 13.0. The van der Waals surface area contributed by atoms with Gasteiger partial charge in [-0.15, -0.1) is 0 Å². The molecule has 1 N–H and O–H groups in total. The minimum Gasteiger partial charge on any atom is -0.497 e. The van der Waals surface area contributed by atoms with E-state index in [9.17, 15) is 9.90 Å². The lowest BCUT2D eigenvalue weighted by Gasteiger charge is -2.50. The molecule has 33 heavy (non-hydrogen) atoms. The van der Waals surface area contributed by atoms with E-state index in [1.54, 1.807) is 7.11 Å². The van der Waals surface area contributed by atoms with Crippen LogP contribution in [0.2, 0.25) is 0 Å². The zero-order chi connectivity index (χ0) is 23.8. The van der Waals surface area contributed by atoms with Crippen LogP contribution in [0.15, 0.2) is 70.9 Å². The minimum atomic E-state index is -1.43. The van der Waals surface area contributed by atoms with Crippen LogP contribution in [0.5, 0.6) is 5.75 Å². The van der Waals surface area contributed by atoms with E-state index in [-0.39, 0.29) is 6.04 Å². The third-order valence-corrected chi connectivity index (χ3v) is 7.02. The van der Waals surface area contributed by atoms with Gasteiger partial charge in [-0.3, -0.25) is 4.90 Å². The number of anilines is 1. The number of fused-ring (bicyclic) bond motifs is 1. The normalized spacial score (nSPS) is 22.2. The number of methoxy groups -OCH3 is 2. The summed E-state index contributed by atoms with van der Waals surface area (Å²) in [6, 6.07) is 16.7. The van der Waals surface area contributed by atoms with E-state index >= 15 is 0 Å². The van der Waals surface area contributed by atoms with Crippen molar-refractivity contribution in [2.75, 3.05) is 24.9 Å². The smallest absolute Gasteiger partial charge is 0.338 e. The van der Waals surface area contributed by atoms with Gasteiger partial charge in [-0.05, 0) is 50.6 Å². The maximum absolute atomic E-state index is 13.0. The van der Waals surface area contributed by atoms with Gasteiger partial charge in [0, 0.05) is 11.7 Å². The molecule has 8 heteroatoms. The molecule has 4 rings (SSSR count). The second kappa shape index (κ2) is 9.11. The molecule has 174 valence electrons. The van der Waals surface area contributed by atoms with Gasteiger partial charge >= 0.3 is 5.97 Å². The Kier molecular flexibility index (Phi) is 6.41. The van der Waals surface area contributed by atoms with Crippen molar-refractivity contribution in [1.29, 1.82) is 0 Å². The van der Waals surface area contributed by atoms with Gasteiger partial charge in [-0.2, -0.15) is 0 Å². The van der Waals surface area contributed by atoms with E-state index in [4.69, 9.17) is 14.5 Å². The molecular formula is C25H29N3O4S. The molecule has 2 atom stereocenters. The van der Waals surface area contributed by atoms with E-state index in [0.29, 0.717) is 27.9 Å². The molecule has 2 aliphatic rings. The van der Waals surface area contributed by atoms with E-state index < -0.39 is 17.9 Å². The number of allylic oxidation sites excluding steroid dienone is 1.